The lowest BCUT2D eigenvalue weighted by Crippen LogP contribution is -2.45. The van der Waals surface area contributed by atoms with Crippen LogP contribution in [0, 0.1) is 6.92 Å². The fourth-order valence-corrected chi connectivity index (χ4v) is 3.53. The van der Waals surface area contributed by atoms with E-state index >= 15 is 0 Å². The van der Waals surface area contributed by atoms with Crippen molar-refractivity contribution < 1.29 is 9.53 Å². The Balaban J connectivity index is 1.60. The van der Waals surface area contributed by atoms with Gasteiger partial charge in [-0.15, -0.1) is 11.3 Å². The third kappa shape index (κ3) is 4.10. The van der Waals surface area contributed by atoms with Crippen LogP contribution in [0.2, 0.25) is 0 Å². The van der Waals surface area contributed by atoms with Crippen molar-refractivity contribution in [2.24, 2.45) is 0 Å². The Kier molecular flexibility index (Phi) is 5.11. The molecular weight excluding hydrogens is 324 g/mol. The maximum absolute atomic E-state index is 12.2. The van der Waals surface area contributed by atoms with Crippen LogP contribution >= 0.6 is 11.3 Å². The van der Waals surface area contributed by atoms with Crippen LogP contribution in [0.15, 0.2) is 23.7 Å². The zero-order chi connectivity index (χ0) is 17.1. The lowest BCUT2D eigenvalue weighted by molar-refractivity contribution is -0.00546. The zero-order valence-electron chi connectivity index (χ0n) is 14.2. The second kappa shape index (κ2) is 7.27. The highest BCUT2D eigenvalue weighted by atomic mass is 32.1. The molecule has 0 bridgehead atoms. The Labute approximate surface area is 145 Å². The van der Waals surface area contributed by atoms with Crippen LogP contribution in [0.4, 0.5) is 5.82 Å². The highest BCUT2D eigenvalue weighted by Crippen LogP contribution is 2.18. The van der Waals surface area contributed by atoms with E-state index in [9.17, 15) is 4.79 Å². The summed E-state index contributed by atoms with van der Waals surface area (Å²) in [4.78, 5) is 23.2. The maximum Gasteiger partial charge on any atom is 0.253 e. The molecule has 1 saturated heterocycles. The molecule has 6 nitrogen and oxygen atoms in total. The van der Waals surface area contributed by atoms with Crippen molar-refractivity contribution in [3.8, 4) is 0 Å². The molecule has 2 aromatic rings. The van der Waals surface area contributed by atoms with Crippen molar-refractivity contribution in [2.75, 3.05) is 18.0 Å². The van der Waals surface area contributed by atoms with E-state index in [4.69, 9.17) is 4.74 Å². The minimum atomic E-state index is -0.134. The van der Waals surface area contributed by atoms with E-state index in [-0.39, 0.29) is 18.1 Å². The lowest BCUT2D eigenvalue weighted by Gasteiger charge is -2.36. The third-order valence-corrected chi connectivity index (χ3v) is 4.79. The summed E-state index contributed by atoms with van der Waals surface area (Å²) in [6, 6.07) is 3.71. The van der Waals surface area contributed by atoms with Gasteiger partial charge in [-0.05, 0) is 32.9 Å². The Hall–Kier alpha value is -1.99. The fourth-order valence-electron chi connectivity index (χ4n) is 2.81. The van der Waals surface area contributed by atoms with E-state index in [1.165, 1.54) is 0 Å². The van der Waals surface area contributed by atoms with Gasteiger partial charge in [0, 0.05) is 30.4 Å². The largest absolute Gasteiger partial charge is 0.372 e. The molecule has 0 aromatic carbocycles. The molecule has 1 aliphatic rings. The lowest BCUT2D eigenvalue weighted by atomic mass is 10.2. The Bertz CT molecular complexity index is 691. The second-order valence-electron chi connectivity index (χ2n) is 6.13. The van der Waals surface area contributed by atoms with Crippen LogP contribution in [0.1, 0.15) is 34.9 Å². The van der Waals surface area contributed by atoms with E-state index in [0.29, 0.717) is 12.1 Å². The molecule has 0 radical (unpaired) electrons. The van der Waals surface area contributed by atoms with Gasteiger partial charge in [-0.25, -0.2) is 9.97 Å². The summed E-state index contributed by atoms with van der Waals surface area (Å²) in [6.45, 7) is 8.13. The predicted molar refractivity (Wildman–Crippen MR) is 94.5 cm³/mol. The van der Waals surface area contributed by atoms with Crippen molar-refractivity contribution >= 4 is 23.1 Å². The van der Waals surface area contributed by atoms with E-state index in [2.05, 4.69) is 34.0 Å². The van der Waals surface area contributed by atoms with Gasteiger partial charge in [-0.3, -0.25) is 4.79 Å². The number of aryl methyl sites for hydroxylation is 1. The van der Waals surface area contributed by atoms with Gasteiger partial charge in [0.1, 0.15) is 10.8 Å². The predicted octanol–water partition coefficient (Wildman–Crippen LogP) is 2.39. The van der Waals surface area contributed by atoms with Crippen LogP contribution in [-0.2, 0) is 11.3 Å². The average molecular weight is 346 g/mol. The molecule has 24 heavy (non-hydrogen) atoms. The Morgan fingerprint density at radius 3 is 2.71 bits per heavy atom. The number of hydrogen-bond acceptors (Lipinski definition) is 6. The topological polar surface area (TPSA) is 67.4 Å². The molecule has 1 amide bonds. The fraction of sp³-hybridized carbons (Fsp3) is 0.471. The molecule has 7 heteroatoms. The number of aromatic nitrogens is 2. The summed E-state index contributed by atoms with van der Waals surface area (Å²) in [5, 5.41) is 5.76. The summed E-state index contributed by atoms with van der Waals surface area (Å²) in [5.74, 6) is 0.745. The maximum atomic E-state index is 12.2. The molecule has 0 aliphatic carbocycles. The summed E-state index contributed by atoms with van der Waals surface area (Å²) >= 11 is 1.55. The molecule has 2 aromatic heterocycles. The van der Waals surface area contributed by atoms with Crippen molar-refractivity contribution in [3.63, 3.8) is 0 Å². The van der Waals surface area contributed by atoms with E-state index in [1.807, 2.05) is 24.4 Å². The molecule has 3 heterocycles. The van der Waals surface area contributed by atoms with Crippen molar-refractivity contribution in [1.29, 1.82) is 0 Å². The van der Waals surface area contributed by atoms with Gasteiger partial charge < -0.3 is 15.0 Å². The summed E-state index contributed by atoms with van der Waals surface area (Å²) < 4.78 is 5.74. The summed E-state index contributed by atoms with van der Waals surface area (Å²) in [5.41, 5.74) is 1.53. The van der Waals surface area contributed by atoms with Crippen LogP contribution < -0.4 is 10.2 Å². The number of hydrogen-bond donors (Lipinski definition) is 1. The number of anilines is 1. The standard InChI is InChI=1S/C17H22N4O2S/c1-11-10-24-16(20-11)7-19-17(22)14-4-5-15(18-6-14)21-8-12(2)23-13(3)9-21/h4-6,10,12-13H,7-9H2,1-3H3,(H,19,22)/t12-,13-/m0/s1. The molecule has 1 N–H and O–H groups in total. The highest BCUT2D eigenvalue weighted by molar-refractivity contribution is 7.09. The number of pyridine rings is 1. The van der Waals surface area contributed by atoms with Crippen molar-refractivity contribution in [2.45, 2.75) is 39.5 Å². The number of ether oxygens (including phenoxy) is 1. The van der Waals surface area contributed by atoms with Gasteiger partial charge in [0.25, 0.3) is 5.91 Å². The first kappa shape index (κ1) is 16.9. The molecular formula is C17H22N4O2S. The van der Waals surface area contributed by atoms with Gasteiger partial charge in [0.2, 0.25) is 0 Å². The third-order valence-electron chi connectivity index (χ3n) is 3.82. The molecule has 0 spiro atoms. The number of carbonyl (C=O) groups excluding carboxylic acids is 1. The van der Waals surface area contributed by atoms with E-state index in [1.54, 1.807) is 17.5 Å². The normalized spacial score (nSPS) is 20.9. The summed E-state index contributed by atoms with van der Waals surface area (Å²) in [6.07, 6.45) is 1.99. The molecule has 128 valence electrons. The number of rotatable bonds is 4. The highest BCUT2D eigenvalue weighted by Gasteiger charge is 2.23. The van der Waals surface area contributed by atoms with Gasteiger partial charge in [-0.2, -0.15) is 0 Å². The van der Waals surface area contributed by atoms with Gasteiger partial charge in [0.05, 0.1) is 24.3 Å². The Morgan fingerprint density at radius 2 is 2.12 bits per heavy atom. The summed E-state index contributed by atoms with van der Waals surface area (Å²) in [7, 11) is 0. The Morgan fingerprint density at radius 1 is 1.38 bits per heavy atom. The van der Waals surface area contributed by atoms with Crippen LogP contribution in [0.25, 0.3) is 0 Å². The minimum Gasteiger partial charge on any atom is -0.372 e. The van der Waals surface area contributed by atoms with E-state index < -0.39 is 0 Å². The molecule has 1 aliphatic heterocycles. The number of thiazole rings is 1. The number of morpholine rings is 1. The second-order valence-corrected chi connectivity index (χ2v) is 7.08. The monoisotopic (exact) mass is 346 g/mol. The number of amides is 1. The van der Waals surface area contributed by atoms with Gasteiger partial charge in [0.15, 0.2) is 0 Å². The first-order chi connectivity index (χ1) is 11.5. The van der Waals surface area contributed by atoms with Crippen molar-refractivity contribution in [1.82, 2.24) is 15.3 Å². The first-order valence-electron chi connectivity index (χ1n) is 8.07. The molecule has 1 fully saturated rings. The quantitative estimate of drug-likeness (QED) is 0.921. The smallest absolute Gasteiger partial charge is 0.253 e. The molecule has 2 atom stereocenters. The number of carbonyl (C=O) groups is 1. The molecule has 0 saturated carbocycles. The van der Waals surface area contributed by atoms with Gasteiger partial charge in [-0.1, -0.05) is 0 Å². The molecule has 3 rings (SSSR count). The first-order valence-corrected chi connectivity index (χ1v) is 8.95. The van der Waals surface area contributed by atoms with Crippen LogP contribution in [-0.4, -0.2) is 41.2 Å². The number of nitrogens with zero attached hydrogens (tertiary/aromatic N) is 3. The van der Waals surface area contributed by atoms with E-state index in [0.717, 1.165) is 29.6 Å². The van der Waals surface area contributed by atoms with Gasteiger partial charge >= 0.3 is 0 Å². The minimum absolute atomic E-state index is 0.134. The number of nitrogens with one attached hydrogen (secondary N) is 1. The average Bonchev–Trinajstić information content (AvgIpc) is 2.97. The van der Waals surface area contributed by atoms with Crippen molar-refractivity contribution in [3.05, 3.63) is 40.0 Å². The molecule has 0 unspecified atom stereocenters. The van der Waals surface area contributed by atoms with Crippen LogP contribution in [0.5, 0.6) is 0 Å². The van der Waals surface area contributed by atoms with Crippen LogP contribution in [0.3, 0.4) is 0 Å². The SMILES string of the molecule is Cc1csc(CNC(=O)c2ccc(N3C[C@H](C)O[C@@H](C)C3)nc2)n1. The zero-order valence-corrected chi connectivity index (χ0v) is 15.0.